The Bertz CT molecular complexity index is 1370. The predicted molar refractivity (Wildman–Crippen MR) is 151 cm³/mol. The van der Waals surface area contributed by atoms with Crippen molar-refractivity contribution in [3.05, 3.63) is 80.7 Å². The van der Waals surface area contributed by atoms with Crippen molar-refractivity contribution in [2.45, 2.75) is 38.5 Å². The molecule has 1 saturated carbocycles. The second-order valence-corrected chi connectivity index (χ2v) is 10.4. The molecule has 2 aromatic carbocycles. The molecule has 1 aliphatic carbocycles. The molecule has 1 N–H and O–H groups in total. The van der Waals surface area contributed by atoms with Gasteiger partial charge in [0.1, 0.15) is 16.1 Å². The molecule has 0 bridgehead atoms. The minimum Gasteiger partial charge on any atom is -0.619 e. The zero-order chi connectivity index (χ0) is 30.2. The van der Waals surface area contributed by atoms with Crippen molar-refractivity contribution >= 4 is 29.2 Å². The summed E-state index contributed by atoms with van der Waals surface area (Å²) in [4.78, 5) is 13.0. The largest absolute Gasteiger partial charge is 0.619 e. The van der Waals surface area contributed by atoms with Crippen molar-refractivity contribution in [3.8, 4) is 23.0 Å². The van der Waals surface area contributed by atoms with E-state index in [-0.39, 0.29) is 34.5 Å². The summed E-state index contributed by atoms with van der Waals surface area (Å²) >= 11 is 12.6. The molecule has 13 heteroatoms. The Labute approximate surface area is 251 Å². The summed E-state index contributed by atoms with van der Waals surface area (Å²) in [7, 11) is 3.07. The molecule has 1 fully saturated rings. The molecule has 42 heavy (non-hydrogen) atoms. The lowest BCUT2D eigenvalue weighted by Gasteiger charge is -2.21. The Balaban J connectivity index is 1.53. The lowest BCUT2D eigenvalue weighted by molar-refractivity contribution is -0.605. The van der Waals surface area contributed by atoms with Crippen LogP contribution in [-0.4, -0.2) is 40.0 Å². The number of carbonyl (C=O) groups is 1. The van der Waals surface area contributed by atoms with E-state index < -0.39 is 18.7 Å². The van der Waals surface area contributed by atoms with Gasteiger partial charge in [-0.1, -0.05) is 35.3 Å². The standard InChI is InChI=1S/C29H30Cl2F2N2O7/c1-38-23-7-5-18(9-26(23)39-2)12-34-13-28(36)41-25(11-20-21(30)14-35(37)15-22(20)31)19-6-8-24(42-29(32)33)27(10-19)40-16-17-3-4-17/h5-10,14-15,17,25,29,34H,3-4,11-13,16H2,1-2H3. The zero-order valence-electron chi connectivity index (χ0n) is 22.9. The molecule has 9 nitrogen and oxygen atoms in total. The molecular weight excluding hydrogens is 597 g/mol. The van der Waals surface area contributed by atoms with Gasteiger partial charge < -0.3 is 34.2 Å². The minimum atomic E-state index is -3.05. The molecule has 0 spiro atoms. The first kappa shape index (κ1) is 31.4. The van der Waals surface area contributed by atoms with E-state index in [1.807, 2.05) is 6.07 Å². The molecule has 0 amide bonds. The average molecular weight is 627 g/mol. The fourth-order valence-corrected chi connectivity index (χ4v) is 4.76. The Morgan fingerprint density at radius 3 is 2.36 bits per heavy atom. The Kier molecular flexibility index (Phi) is 10.9. The molecule has 0 aliphatic heterocycles. The van der Waals surface area contributed by atoms with Crippen molar-refractivity contribution in [1.29, 1.82) is 0 Å². The van der Waals surface area contributed by atoms with E-state index in [0.29, 0.717) is 46.4 Å². The van der Waals surface area contributed by atoms with E-state index in [1.54, 1.807) is 12.1 Å². The third-order valence-corrected chi connectivity index (χ3v) is 7.15. The second kappa shape index (κ2) is 14.6. The summed E-state index contributed by atoms with van der Waals surface area (Å²) in [6.07, 6.45) is 3.29. The first-order valence-electron chi connectivity index (χ1n) is 13.1. The van der Waals surface area contributed by atoms with Crippen molar-refractivity contribution < 1.29 is 42.0 Å². The fraction of sp³-hybridized carbons (Fsp3) is 0.379. The number of aromatic nitrogens is 1. The topological polar surface area (TPSA) is 102 Å². The quantitative estimate of drug-likeness (QED) is 0.131. The average Bonchev–Trinajstić information content (AvgIpc) is 3.78. The van der Waals surface area contributed by atoms with Gasteiger partial charge in [-0.15, -0.1) is 0 Å². The molecule has 1 aliphatic rings. The highest BCUT2D eigenvalue weighted by atomic mass is 35.5. The number of alkyl halides is 2. The number of nitrogens with one attached hydrogen (secondary N) is 1. The fourth-order valence-electron chi connectivity index (χ4n) is 4.16. The van der Waals surface area contributed by atoms with Crippen molar-refractivity contribution in [2.24, 2.45) is 5.92 Å². The van der Waals surface area contributed by atoms with Crippen molar-refractivity contribution in [2.75, 3.05) is 27.4 Å². The van der Waals surface area contributed by atoms with Crippen LogP contribution in [0.25, 0.3) is 0 Å². The smallest absolute Gasteiger partial charge is 0.387 e. The maximum absolute atomic E-state index is 13.0. The minimum absolute atomic E-state index is 0.00294. The van der Waals surface area contributed by atoms with Crippen LogP contribution >= 0.6 is 23.2 Å². The molecular formula is C29H30Cl2F2N2O7. The van der Waals surface area contributed by atoms with E-state index >= 15 is 0 Å². The van der Waals surface area contributed by atoms with Gasteiger partial charge in [0, 0.05) is 18.5 Å². The van der Waals surface area contributed by atoms with Gasteiger partial charge in [-0.2, -0.15) is 13.5 Å². The van der Waals surface area contributed by atoms with Crippen LogP contribution in [-0.2, 0) is 22.5 Å². The highest BCUT2D eigenvalue weighted by Crippen LogP contribution is 2.38. The third-order valence-electron chi connectivity index (χ3n) is 6.49. The van der Waals surface area contributed by atoms with Gasteiger partial charge in [-0.3, -0.25) is 4.79 Å². The van der Waals surface area contributed by atoms with Crippen LogP contribution in [0.5, 0.6) is 23.0 Å². The molecule has 1 heterocycles. The van der Waals surface area contributed by atoms with Crippen molar-refractivity contribution in [1.82, 2.24) is 5.32 Å². The molecule has 0 saturated heterocycles. The first-order valence-corrected chi connectivity index (χ1v) is 13.8. The van der Waals surface area contributed by atoms with E-state index in [2.05, 4.69) is 10.1 Å². The molecule has 1 unspecified atom stereocenters. The van der Waals surface area contributed by atoms with Crippen LogP contribution < -0.4 is 29.0 Å². The summed E-state index contributed by atoms with van der Waals surface area (Å²) < 4.78 is 53.4. The normalized spacial score (nSPS) is 13.5. The Hall–Kier alpha value is -3.54. The Morgan fingerprint density at radius 1 is 1.02 bits per heavy atom. The molecule has 226 valence electrons. The summed E-state index contributed by atoms with van der Waals surface area (Å²) in [6, 6.07) is 9.69. The number of hydrogen-bond donors (Lipinski definition) is 1. The summed E-state index contributed by atoms with van der Waals surface area (Å²) in [5, 5.41) is 14.9. The third kappa shape index (κ3) is 8.73. The highest BCUT2D eigenvalue weighted by Gasteiger charge is 2.26. The van der Waals surface area contributed by atoms with E-state index in [9.17, 15) is 18.8 Å². The van der Waals surface area contributed by atoms with Crippen LogP contribution in [0.3, 0.4) is 0 Å². The molecule has 3 aromatic rings. The maximum Gasteiger partial charge on any atom is 0.387 e. The molecule has 1 atom stereocenters. The van der Waals surface area contributed by atoms with Gasteiger partial charge in [0.15, 0.2) is 35.4 Å². The van der Waals surface area contributed by atoms with Gasteiger partial charge in [0.25, 0.3) is 0 Å². The van der Waals surface area contributed by atoms with Crippen LogP contribution in [0.1, 0.15) is 35.6 Å². The maximum atomic E-state index is 13.0. The number of methoxy groups -OCH3 is 2. The van der Waals surface area contributed by atoms with Gasteiger partial charge in [-0.05, 0) is 54.2 Å². The molecule has 0 radical (unpaired) electrons. The van der Waals surface area contributed by atoms with Crippen LogP contribution in [0.4, 0.5) is 8.78 Å². The first-order chi connectivity index (χ1) is 20.2. The zero-order valence-corrected chi connectivity index (χ0v) is 24.4. The lowest BCUT2D eigenvalue weighted by Crippen LogP contribution is -2.27. The number of nitrogens with zero attached hydrogens (tertiary/aromatic N) is 1. The molecule has 1 aromatic heterocycles. The van der Waals surface area contributed by atoms with Crippen LogP contribution in [0.15, 0.2) is 48.8 Å². The van der Waals surface area contributed by atoms with Crippen LogP contribution in [0, 0.1) is 11.1 Å². The number of benzene rings is 2. The number of pyridine rings is 1. The SMILES string of the molecule is COc1ccc(CNCC(=O)OC(Cc2c(Cl)c[n+]([O-])cc2Cl)c2ccc(OC(F)F)c(OCC3CC3)c2)cc1OC. The number of rotatable bonds is 15. The number of halogens is 4. The van der Waals surface area contributed by atoms with Gasteiger partial charge in [-0.25, -0.2) is 0 Å². The number of ether oxygens (including phenoxy) is 5. The van der Waals surface area contributed by atoms with Gasteiger partial charge in [0.2, 0.25) is 0 Å². The number of hydrogen-bond acceptors (Lipinski definition) is 8. The number of carbonyl (C=O) groups excluding carboxylic acids is 1. The summed E-state index contributed by atoms with van der Waals surface area (Å²) in [5.74, 6) is 0.827. The second-order valence-electron chi connectivity index (χ2n) is 9.61. The monoisotopic (exact) mass is 626 g/mol. The van der Waals surface area contributed by atoms with Crippen LogP contribution in [0.2, 0.25) is 10.0 Å². The predicted octanol–water partition coefficient (Wildman–Crippen LogP) is 5.65. The van der Waals surface area contributed by atoms with Gasteiger partial charge >= 0.3 is 12.6 Å². The lowest BCUT2D eigenvalue weighted by atomic mass is 10.0. The van der Waals surface area contributed by atoms with E-state index in [1.165, 1.54) is 32.4 Å². The van der Waals surface area contributed by atoms with Crippen molar-refractivity contribution in [3.63, 3.8) is 0 Å². The number of esters is 1. The van der Waals surface area contributed by atoms with Gasteiger partial charge in [0.05, 0.1) is 27.4 Å². The summed E-state index contributed by atoms with van der Waals surface area (Å²) in [6.45, 7) is -2.53. The van der Waals surface area contributed by atoms with E-state index in [4.69, 9.17) is 42.1 Å². The molecule has 4 rings (SSSR count). The van der Waals surface area contributed by atoms with E-state index in [0.717, 1.165) is 30.8 Å². The highest BCUT2D eigenvalue weighted by molar-refractivity contribution is 6.35. The Morgan fingerprint density at radius 2 is 1.71 bits per heavy atom. The summed E-state index contributed by atoms with van der Waals surface area (Å²) in [5.41, 5.74) is 1.65.